The Kier molecular flexibility index (Phi) is 5.41. The van der Waals surface area contributed by atoms with Gasteiger partial charge < -0.3 is 20.3 Å². The van der Waals surface area contributed by atoms with Crippen LogP contribution in [-0.4, -0.2) is 38.2 Å². The highest BCUT2D eigenvalue weighted by atomic mass is 127. The number of aryl methyl sites for hydroxylation is 2. The molecule has 1 aliphatic heterocycles. The summed E-state index contributed by atoms with van der Waals surface area (Å²) < 4.78 is 1.23. The lowest BCUT2D eigenvalue weighted by Crippen LogP contribution is -2.31. The van der Waals surface area contributed by atoms with Gasteiger partial charge in [0.15, 0.2) is 5.11 Å². The van der Waals surface area contributed by atoms with Gasteiger partial charge in [-0.1, -0.05) is 6.07 Å². The highest BCUT2D eigenvalue weighted by Crippen LogP contribution is 2.42. The minimum atomic E-state index is -0.000177. The molecule has 0 radical (unpaired) electrons. The molecule has 0 spiro atoms. The SMILES string of the molecule is Cc1[nH]c(C)c([C@@H]2[C@@H](c3ccccn3)NC(=S)N2CCCO)c1I. The molecule has 0 amide bonds. The lowest BCUT2D eigenvalue weighted by Gasteiger charge is -2.28. The van der Waals surface area contributed by atoms with E-state index in [2.05, 4.69) is 56.6 Å². The second-order valence-corrected chi connectivity index (χ2v) is 7.47. The van der Waals surface area contributed by atoms with E-state index in [0.717, 1.165) is 23.0 Å². The zero-order valence-electron chi connectivity index (χ0n) is 13.7. The molecule has 1 saturated heterocycles. The standard InChI is InChI=1S/C17H21IN4OS/c1-10-13(14(18)11(2)20-10)16-15(12-6-3-4-7-19-12)21-17(24)22(16)8-5-9-23/h3-4,6-7,15-16,20,23H,5,8-9H2,1-2H3,(H,21,24)/t15-,16-/m1/s1. The van der Waals surface area contributed by atoms with E-state index < -0.39 is 0 Å². The molecular weight excluding hydrogens is 435 g/mol. The van der Waals surface area contributed by atoms with Gasteiger partial charge in [0.25, 0.3) is 0 Å². The fourth-order valence-corrected chi connectivity index (χ4v) is 4.51. The zero-order valence-corrected chi connectivity index (χ0v) is 16.7. The molecule has 1 fully saturated rings. The minimum absolute atomic E-state index is 0.000177. The molecular formula is C17H21IN4OS. The normalized spacial score (nSPS) is 20.5. The van der Waals surface area contributed by atoms with Crippen LogP contribution in [-0.2, 0) is 0 Å². The molecule has 0 aromatic carbocycles. The number of hydrogen-bond donors (Lipinski definition) is 3. The maximum Gasteiger partial charge on any atom is 0.170 e. The first-order valence-electron chi connectivity index (χ1n) is 7.98. The molecule has 128 valence electrons. The molecule has 3 N–H and O–H groups in total. The number of rotatable bonds is 5. The number of H-pyrrole nitrogens is 1. The van der Waals surface area contributed by atoms with Crippen LogP contribution in [0.5, 0.6) is 0 Å². The maximum atomic E-state index is 9.26. The minimum Gasteiger partial charge on any atom is -0.396 e. The fraction of sp³-hybridized carbons (Fsp3) is 0.412. The number of halogens is 1. The molecule has 2 atom stereocenters. The molecule has 0 aliphatic carbocycles. The predicted octanol–water partition coefficient (Wildman–Crippen LogP) is 2.99. The van der Waals surface area contributed by atoms with Crippen molar-refractivity contribution in [3.05, 3.63) is 50.6 Å². The summed E-state index contributed by atoms with van der Waals surface area (Å²) in [7, 11) is 0. The number of hydrogen-bond acceptors (Lipinski definition) is 3. The van der Waals surface area contributed by atoms with Gasteiger partial charge in [0.1, 0.15) is 0 Å². The quantitative estimate of drug-likeness (QED) is 0.477. The Morgan fingerprint density at radius 3 is 2.71 bits per heavy atom. The van der Waals surface area contributed by atoms with Gasteiger partial charge >= 0.3 is 0 Å². The smallest absolute Gasteiger partial charge is 0.170 e. The van der Waals surface area contributed by atoms with E-state index in [0.29, 0.717) is 6.42 Å². The molecule has 2 aromatic heterocycles. The molecule has 3 heterocycles. The van der Waals surface area contributed by atoms with E-state index in [1.165, 1.54) is 14.8 Å². The molecule has 2 aromatic rings. The van der Waals surface area contributed by atoms with Crippen molar-refractivity contribution in [3.63, 3.8) is 0 Å². The summed E-state index contributed by atoms with van der Waals surface area (Å²) in [5.74, 6) is 0. The third-order valence-electron chi connectivity index (χ3n) is 4.40. The van der Waals surface area contributed by atoms with Crippen LogP contribution in [0, 0.1) is 17.4 Å². The summed E-state index contributed by atoms with van der Waals surface area (Å²) >= 11 is 7.99. The number of pyridine rings is 1. The third-order valence-corrected chi connectivity index (χ3v) is 6.14. The van der Waals surface area contributed by atoms with Crippen LogP contribution in [0.3, 0.4) is 0 Å². The van der Waals surface area contributed by atoms with Crippen molar-refractivity contribution >= 4 is 39.9 Å². The summed E-state index contributed by atoms with van der Waals surface area (Å²) in [5, 5.41) is 13.4. The first kappa shape index (κ1) is 17.6. The van der Waals surface area contributed by atoms with Gasteiger partial charge in [-0.3, -0.25) is 4.98 Å². The first-order chi connectivity index (χ1) is 11.5. The average Bonchev–Trinajstić information content (AvgIpc) is 3.02. The monoisotopic (exact) mass is 456 g/mol. The molecule has 0 bridgehead atoms. The van der Waals surface area contributed by atoms with Gasteiger partial charge in [-0.25, -0.2) is 0 Å². The van der Waals surface area contributed by atoms with Crippen molar-refractivity contribution in [3.8, 4) is 0 Å². The number of aliphatic hydroxyl groups excluding tert-OH is 1. The van der Waals surface area contributed by atoms with Crippen LogP contribution in [0.1, 0.15) is 41.1 Å². The topological polar surface area (TPSA) is 64.2 Å². The second-order valence-electron chi connectivity index (χ2n) is 6.00. The lowest BCUT2D eigenvalue weighted by molar-refractivity contribution is 0.247. The van der Waals surface area contributed by atoms with Crippen LogP contribution in [0.15, 0.2) is 24.4 Å². The number of aromatic nitrogens is 2. The van der Waals surface area contributed by atoms with E-state index in [4.69, 9.17) is 12.2 Å². The van der Waals surface area contributed by atoms with E-state index in [-0.39, 0.29) is 18.7 Å². The van der Waals surface area contributed by atoms with Gasteiger partial charge in [0.05, 0.1) is 17.8 Å². The van der Waals surface area contributed by atoms with Crippen LogP contribution in [0.2, 0.25) is 0 Å². The van der Waals surface area contributed by atoms with Gasteiger partial charge in [-0.05, 0) is 67.2 Å². The van der Waals surface area contributed by atoms with Crippen LogP contribution >= 0.6 is 34.8 Å². The Balaban J connectivity index is 2.07. The van der Waals surface area contributed by atoms with Crippen molar-refractivity contribution in [2.75, 3.05) is 13.2 Å². The summed E-state index contributed by atoms with van der Waals surface area (Å²) in [6, 6.07) is 6.02. The summed E-state index contributed by atoms with van der Waals surface area (Å²) in [6.45, 7) is 5.07. The molecule has 3 rings (SSSR count). The van der Waals surface area contributed by atoms with Crippen LogP contribution in [0.25, 0.3) is 0 Å². The molecule has 0 unspecified atom stereocenters. The van der Waals surface area contributed by atoms with Crippen molar-refractivity contribution in [2.45, 2.75) is 32.4 Å². The number of aliphatic hydroxyl groups is 1. The maximum absolute atomic E-state index is 9.26. The van der Waals surface area contributed by atoms with E-state index in [1.54, 1.807) is 0 Å². The molecule has 24 heavy (non-hydrogen) atoms. The summed E-state index contributed by atoms with van der Waals surface area (Å²) in [6.07, 6.45) is 2.50. The van der Waals surface area contributed by atoms with Crippen LogP contribution < -0.4 is 5.32 Å². The molecule has 1 aliphatic rings. The predicted molar refractivity (Wildman–Crippen MR) is 107 cm³/mol. The largest absolute Gasteiger partial charge is 0.396 e. The van der Waals surface area contributed by atoms with E-state index in [1.807, 2.05) is 24.4 Å². The lowest BCUT2D eigenvalue weighted by atomic mass is 9.96. The van der Waals surface area contributed by atoms with E-state index in [9.17, 15) is 5.11 Å². The first-order valence-corrected chi connectivity index (χ1v) is 9.46. The number of nitrogens with zero attached hydrogens (tertiary/aromatic N) is 2. The van der Waals surface area contributed by atoms with Gasteiger partial charge in [0.2, 0.25) is 0 Å². The fourth-order valence-electron chi connectivity index (χ4n) is 3.32. The van der Waals surface area contributed by atoms with E-state index >= 15 is 0 Å². The number of aromatic amines is 1. The Bertz CT molecular complexity index is 734. The van der Waals surface area contributed by atoms with Crippen molar-refractivity contribution < 1.29 is 5.11 Å². The van der Waals surface area contributed by atoms with Crippen molar-refractivity contribution in [1.82, 2.24) is 20.2 Å². The number of nitrogens with one attached hydrogen (secondary N) is 2. The Labute approximate surface area is 161 Å². The van der Waals surface area contributed by atoms with Crippen LogP contribution in [0.4, 0.5) is 0 Å². The average molecular weight is 456 g/mol. The Morgan fingerprint density at radius 2 is 2.12 bits per heavy atom. The van der Waals surface area contributed by atoms with Crippen molar-refractivity contribution in [1.29, 1.82) is 0 Å². The van der Waals surface area contributed by atoms with Gasteiger partial charge in [-0.2, -0.15) is 0 Å². The Morgan fingerprint density at radius 1 is 1.33 bits per heavy atom. The van der Waals surface area contributed by atoms with Gasteiger partial charge in [0, 0.05) is 39.9 Å². The number of thiocarbonyl (C=S) groups is 1. The second kappa shape index (κ2) is 7.37. The zero-order chi connectivity index (χ0) is 17.3. The third kappa shape index (κ3) is 3.16. The Hall–Kier alpha value is -1.19. The van der Waals surface area contributed by atoms with Crippen molar-refractivity contribution in [2.24, 2.45) is 0 Å². The molecule has 5 nitrogen and oxygen atoms in total. The highest BCUT2D eigenvalue weighted by Gasteiger charge is 2.41. The summed E-state index contributed by atoms with van der Waals surface area (Å²) in [5.41, 5.74) is 4.56. The summed E-state index contributed by atoms with van der Waals surface area (Å²) in [4.78, 5) is 10.2. The van der Waals surface area contributed by atoms with Gasteiger partial charge in [-0.15, -0.1) is 0 Å². The molecule has 0 saturated carbocycles. The molecule has 7 heteroatoms. The highest BCUT2D eigenvalue weighted by molar-refractivity contribution is 14.1.